The largest absolute Gasteiger partial charge is 0.451 e. The summed E-state index contributed by atoms with van der Waals surface area (Å²) in [5.74, 6) is -1.43. The summed E-state index contributed by atoms with van der Waals surface area (Å²) in [6, 6.07) is 0.743. The maximum Gasteiger partial charge on any atom is 0.416 e. The van der Waals surface area contributed by atoms with Gasteiger partial charge in [0.05, 0.1) is 10.5 Å². The number of amides is 1. The Balaban J connectivity index is 2.89. The average Bonchev–Trinajstić information content (AvgIpc) is 2.51. The van der Waals surface area contributed by atoms with Crippen LogP contribution in [0.25, 0.3) is 0 Å². The molecule has 0 radical (unpaired) electrons. The van der Waals surface area contributed by atoms with Crippen molar-refractivity contribution < 1.29 is 32.4 Å². The third-order valence-corrected chi connectivity index (χ3v) is 3.41. The van der Waals surface area contributed by atoms with Gasteiger partial charge >= 0.3 is 12.1 Å². The number of carbonyl (C=O) groups is 2. The molecule has 0 unspecified atom stereocenters. The Labute approximate surface area is 159 Å². The predicted octanol–water partition coefficient (Wildman–Crippen LogP) is 3.26. The Kier molecular flexibility index (Phi) is 6.99. The van der Waals surface area contributed by atoms with Gasteiger partial charge < -0.3 is 15.4 Å². The van der Waals surface area contributed by atoms with Crippen LogP contribution in [0, 0.1) is 10.1 Å². The minimum atomic E-state index is -4.75. The number of benzene rings is 1. The van der Waals surface area contributed by atoms with Gasteiger partial charge in [-0.05, 0) is 46.8 Å². The lowest BCUT2D eigenvalue weighted by atomic mass is 10.1. The van der Waals surface area contributed by atoms with E-state index >= 15 is 0 Å². The van der Waals surface area contributed by atoms with Crippen molar-refractivity contribution in [2.45, 2.75) is 58.5 Å². The molecule has 0 heterocycles. The molecule has 2 N–H and O–H groups in total. The van der Waals surface area contributed by atoms with Crippen molar-refractivity contribution in [2.24, 2.45) is 0 Å². The number of alkyl halides is 3. The summed E-state index contributed by atoms with van der Waals surface area (Å²) >= 11 is 0. The lowest BCUT2D eigenvalue weighted by Gasteiger charge is -2.24. The summed E-state index contributed by atoms with van der Waals surface area (Å²) in [6.07, 6.45) is -5.87. The lowest BCUT2D eigenvalue weighted by molar-refractivity contribution is -0.384. The third kappa shape index (κ3) is 6.71. The molecule has 2 atom stereocenters. The topological polar surface area (TPSA) is 111 Å². The molecule has 0 spiro atoms. The molecule has 0 aliphatic rings. The Morgan fingerprint density at radius 2 is 1.75 bits per heavy atom. The van der Waals surface area contributed by atoms with Crippen molar-refractivity contribution in [1.82, 2.24) is 5.32 Å². The number of anilines is 1. The van der Waals surface area contributed by atoms with Gasteiger partial charge in [-0.2, -0.15) is 13.2 Å². The molecule has 0 bridgehead atoms. The number of carbonyl (C=O) groups excluding carboxylic acids is 2. The number of nitrogens with zero attached hydrogens (tertiary/aromatic N) is 1. The van der Waals surface area contributed by atoms with Gasteiger partial charge in [-0.1, -0.05) is 0 Å². The number of esters is 1. The molecule has 1 rings (SSSR count). The molecule has 0 aliphatic heterocycles. The predicted molar refractivity (Wildman–Crippen MR) is 94.6 cm³/mol. The van der Waals surface area contributed by atoms with Crippen LogP contribution in [-0.4, -0.2) is 34.5 Å². The van der Waals surface area contributed by atoms with Crippen LogP contribution in [0.2, 0.25) is 0 Å². The molecule has 0 aromatic heterocycles. The van der Waals surface area contributed by atoms with E-state index in [1.807, 2.05) is 0 Å². The number of hydrogen-bond donors (Lipinski definition) is 2. The SMILES string of the molecule is C[C@H](Nc1ccc(C(F)(F)F)cc1[N+](=O)[O-])C(=O)O[C@@H](C)C(=O)NC(C)(C)C. The molecule has 8 nitrogen and oxygen atoms in total. The standard InChI is InChI=1S/C17H22F3N3O5/c1-9(15(25)28-10(2)14(24)22-16(3,4)5)21-12-7-6-11(17(18,19)20)8-13(12)23(26)27/h6-10,21H,1-5H3,(H,22,24)/t9-,10-/m0/s1. The zero-order valence-corrected chi connectivity index (χ0v) is 16.0. The van der Waals surface area contributed by atoms with E-state index in [0.717, 1.165) is 6.07 Å². The van der Waals surface area contributed by atoms with E-state index in [9.17, 15) is 32.9 Å². The van der Waals surface area contributed by atoms with E-state index in [0.29, 0.717) is 12.1 Å². The first-order valence-electron chi connectivity index (χ1n) is 8.26. The highest BCUT2D eigenvalue weighted by Crippen LogP contribution is 2.35. The normalized spacial score (nSPS) is 14.0. The van der Waals surface area contributed by atoms with E-state index < -0.39 is 51.9 Å². The van der Waals surface area contributed by atoms with Gasteiger partial charge in [-0.3, -0.25) is 14.9 Å². The van der Waals surface area contributed by atoms with Crippen molar-refractivity contribution in [3.8, 4) is 0 Å². The smallest absolute Gasteiger partial charge is 0.416 e. The van der Waals surface area contributed by atoms with Crippen molar-refractivity contribution in [3.63, 3.8) is 0 Å². The number of nitro benzene ring substituents is 1. The molecule has 1 aromatic rings. The number of nitro groups is 1. The van der Waals surface area contributed by atoms with Gasteiger partial charge in [-0.25, -0.2) is 4.79 Å². The maximum absolute atomic E-state index is 12.7. The van der Waals surface area contributed by atoms with Gasteiger partial charge in [0.1, 0.15) is 11.7 Å². The first kappa shape index (κ1) is 23.2. The fourth-order valence-corrected chi connectivity index (χ4v) is 2.07. The van der Waals surface area contributed by atoms with Crippen LogP contribution < -0.4 is 10.6 Å². The van der Waals surface area contributed by atoms with Crippen molar-refractivity contribution >= 4 is 23.3 Å². The second-order valence-corrected chi connectivity index (χ2v) is 7.17. The first-order chi connectivity index (χ1) is 12.6. The molecular weight excluding hydrogens is 383 g/mol. The fraction of sp³-hybridized carbons (Fsp3) is 0.529. The molecule has 0 fully saturated rings. The molecule has 28 heavy (non-hydrogen) atoms. The molecule has 0 saturated carbocycles. The van der Waals surface area contributed by atoms with Crippen LogP contribution in [0.3, 0.4) is 0 Å². The molecule has 1 aromatic carbocycles. The van der Waals surface area contributed by atoms with Gasteiger partial charge in [-0.15, -0.1) is 0 Å². The molecule has 1 amide bonds. The van der Waals surface area contributed by atoms with Crippen LogP contribution in [0.4, 0.5) is 24.5 Å². The summed E-state index contributed by atoms with van der Waals surface area (Å²) in [4.78, 5) is 34.2. The summed E-state index contributed by atoms with van der Waals surface area (Å²) in [5.41, 5.74) is -2.85. The molecule has 0 aliphatic carbocycles. The van der Waals surface area contributed by atoms with Crippen LogP contribution in [0.5, 0.6) is 0 Å². The van der Waals surface area contributed by atoms with Gasteiger partial charge in [0.25, 0.3) is 11.6 Å². The van der Waals surface area contributed by atoms with E-state index in [2.05, 4.69) is 10.6 Å². The van der Waals surface area contributed by atoms with E-state index in [-0.39, 0.29) is 5.69 Å². The lowest BCUT2D eigenvalue weighted by Crippen LogP contribution is -2.47. The van der Waals surface area contributed by atoms with E-state index in [1.54, 1.807) is 20.8 Å². The zero-order valence-electron chi connectivity index (χ0n) is 16.0. The van der Waals surface area contributed by atoms with Crippen LogP contribution in [-0.2, 0) is 20.5 Å². The highest BCUT2D eigenvalue weighted by Gasteiger charge is 2.33. The highest BCUT2D eigenvalue weighted by molar-refractivity contribution is 5.86. The van der Waals surface area contributed by atoms with Crippen LogP contribution >= 0.6 is 0 Å². The minimum absolute atomic E-state index is 0.283. The summed E-state index contributed by atoms with van der Waals surface area (Å²) < 4.78 is 43.2. The van der Waals surface area contributed by atoms with E-state index in [4.69, 9.17) is 4.74 Å². The van der Waals surface area contributed by atoms with Gasteiger partial charge in [0.15, 0.2) is 6.10 Å². The highest BCUT2D eigenvalue weighted by atomic mass is 19.4. The quantitative estimate of drug-likeness (QED) is 0.427. The molecule has 11 heteroatoms. The Bertz CT molecular complexity index is 759. The Hall–Kier alpha value is -2.85. The van der Waals surface area contributed by atoms with Crippen molar-refractivity contribution in [2.75, 3.05) is 5.32 Å². The maximum atomic E-state index is 12.7. The average molecular weight is 405 g/mol. The molecular formula is C17H22F3N3O5. The number of ether oxygens (including phenoxy) is 1. The molecule has 0 saturated heterocycles. The summed E-state index contributed by atoms with van der Waals surface area (Å²) in [7, 11) is 0. The zero-order chi connectivity index (χ0) is 21.9. The third-order valence-electron chi connectivity index (χ3n) is 3.41. The number of halogens is 3. The summed E-state index contributed by atoms with van der Waals surface area (Å²) in [6.45, 7) is 7.89. The first-order valence-corrected chi connectivity index (χ1v) is 8.26. The van der Waals surface area contributed by atoms with Crippen molar-refractivity contribution in [3.05, 3.63) is 33.9 Å². The van der Waals surface area contributed by atoms with Gasteiger partial charge in [0, 0.05) is 11.6 Å². The number of rotatable bonds is 6. The Morgan fingerprint density at radius 1 is 1.18 bits per heavy atom. The fourth-order valence-electron chi connectivity index (χ4n) is 2.07. The monoisotopic (exact) mass is 405 g/mol. The summed E-state index contributed by atoms with van der Waals surface area (Å²) in [5, 5.41) is 16.2. The van der Waals surface area contributed by atoms with Crippen LogP contribution in [0.1, 0.15) is 40.2 Å². The minimum Gasteiger partial charge on any atom is -0.451 e. The van der Waals surface area contributed by atoms with Crippen LogP contribution in [0.15, 0.2) is 18.2 Å². The Morgan fingerprint density at radius 3 is 2.21 bits per heavy atom. The molecule has 156 valence electrons. The number of hydrogen-bond acceptors (Lipinski definition) is 6. The van der Waals surface area contributed by atoms with Crippen molar-refractivity contribution in [1.29, 1.82) is 0 Å². The number of nitrogens with one attached hydrogen (secondary N) is 2. The van der Waals surface area contributed by atoms with Gasteiger partial charge in [0.2, 0.25) is 0 Å². The van der Waals surface area contributed by atoms with E-state index in [1.165, 1.54) is 13.8 Å². The second kappa shape index (κ2) is 8.44. The second-order valence-electron chi connectivity index (χ2n) is 7.17.